The lowest BCUT2D eigenvalue weighted by atomic mass is 9.96. The molecule has 0 aromatic heterocycles. The van der Waals surface area contributed by atoms with Crippen molar-refractivity contribution in [3.05, 3.63) is 22.7 Å². The number of esters is 2. The average molecular weight is 338 g/mol. The third-order valence-electron chi connectivity index (χ3n) is 3.90. The third-order valence-corrected chi connectivity index (χ3v) is 3.90. The molecule has 2 heterocycles. The van der Waals surface area contributed by atoms with E-state index in [1.807, 2.05) is 20.8 Å². The van der Waals surface area contributed by atoms with Crippen molar-refractivity contribution in [1.82, 2.24) is 0 Å². The highest BCUT2D eigenvalue weighted by molar-refractivity contribution is 5.90. The molecule has 24 heavy (non-hydrogen) atoms. The summed E-state index contributed by atoms with van der Waals surface area (Å²) in [5.41, 5.74) is 0.437. The van der Waals surface area contributed by atoms with Gasteiger partial charge in [0.1, 0.15) is 17.1 Å². The van der Waals surface area contributed by atoms with Crippen molar-refractivity contribution in [2.24, 2.45) is 0 Å². The van der Waals surface area contributed by atoms with Crippen LogP contribution in [0.2, 0.25) is 0 Å². The summed E-state index contributed by atoms with van der Waals surface area (Å²) in [5.74, 6) is -0.691. The predicted octanol–water partition coefficient (Wildman–Crippen LogP) is 3.37. The molecule has 0 aliphatic carbocycles. The van der Waals surface area contributed by atoms with Crippen LogP contribution in [0, 0.1) is 0 Å². The van der Waals surface area contributed by atoms with E-state index in [9.17, 15) is 9.59 Å². The maximum atomic E-state index is 12.3. The molecule has 2 rings (SSSR count). The monoisotopic (exact) mass is 338 g/mol. The number of carbonyl (C=O) groups excluding carboxylic acids is 2. The minimum atomic E-state index is -0.934. The van der Waals surface area contributed by atoms with E-state index in [4.69, 9.17) is 18.9 Å². The Hall–Kier alpha value is -1.98. The van der Waals surface area contributed by atoms with Gasteiger partial charge in [0, 0.05) is 6.42 Å². The van der Waals surface area contributed by atoms with Gasteiger partial charge >= 0.3 is 11.9 Å². The maximum absolute atomic E-state index is 12.3. The standard InChI is InChI=1S/C18H26O6/c1-7-21-15(19)13-8-9-18(22-11(13)2)10-14(12(3)23-18)16(20)24-17(4,5)6/h7-10H2,1-6H3. The summed E-state index contributed by atoms with van der Waals surface area (Å²) in [6, 6.07) is 0. The molecule has 0 aromatic rings. The first kappa shape index (κ1) is 18.4. The second-order valence-corrected chi connectivity index (χ2v) is 7.08. The molecule has 0 fully saturated rings. The van der Waals surface area contributed by atoms with Gasteiger partial charge in [-0.05, 0) is 48.0 Å². The van der Waals surface area contributed by atoms with Gasteiger partial charge in [-0.25, -0.2) is 9.59 Å². The lowest BCUT2D eigenvalue weighted by molar-refractivity contribution is -0.189. The van der Waals surface area contributed by atoms with Crippen LogP contribution in [0.5, 0.6) is 0 Å². The van der Waals surface area contributed by atoms with Gasteiger partial charge in [-0.2, -0.15) is 0 Å². The van der Waals surface area contributed by atoms with Crippen LogP contribution in [0.15, 0.2) is 22.7 Å². The fourth-order valence-corrected chi connectivity index (χ4v) is 2.87. The van der Waals surface area contributed by atoms with Crippen molar-refractivity contribution in [2.75, 3.05) is 6.61 Å². The summed E-state index contributed by atoms with van der Waals surface area (Å²) in [5, 5.41) is 0. The van der Waals surface area contributed by atoms with Gasteiger partial charge in [-0.3, -0.25) is 0 Å². The minimum Gasteiger partial charge on any atom is -0.463 e. The minimum absolute atomic E-state index is 0.307. The van der Waals surface area contributed by atoms with E-state index in [1.54, 1.807) is 20.8 Å². The molecule has 0 amide bonds. The SMILES string of the molecule is CCOC(=O)C1=C(C)OC2(CC1)CC(C(=O)OC(C)(C)C)=C(C)O2. The van der Waals surface area contributed by atoms with Crippen LogP contribution in [0.3, 0.4) is 0 Å². The van der Waals surface area contributed by atoms with E-state index in [-0.39, 0.29) is 5.97 Å². The molecule has 2 aliphatic rings. The molecule has 0 saturated carbocycles. The molecule has 6 heteroatoms. The lowest BCUT2D eigenvalue weighted by Crippen LogP contribution is -2.36. The second kappa shape index (κ2) is 6.49. The van der Waals surface area contributed by atoms with Gasteiger partial charge in [0.2, 0.25) is 0 Å². The molecule has 134 valence electrons. The summed E-state index contributed by atoms with van der Waals surface area (Å²) < 4.78 is 22.2. The van der Waals surface area contributed by atoms with Crippen molar-refractivity contribution in [3.8, 4) is 0 Å². The van der Waals surface area contributed by atoms with Crippen LogP contribution in [-0.4, -0.2) is 29.9 Å². The third kappa shape index (κ3) is 3.91. The molecule has 1 spiro atoms. The van der Waals surface area contributed by atoms with Crippen LogP contribution in [-0.2, 0) is 28.5 Å². The summed E-state index contributed by atoms with van der Waals surface area (Å²) >= 11 is 0. The summed E-state index contributed by atoms with van der Waals surface area (Å²) in [6.07, 6.45) is 1.27. The van der Waals surface area contributed by atoms with Crippen molar-refractivity contribution in [3.63, 3.8) is 0 Å². The van der Waals surface area contributed by atoms with Crippen LogP contribution >= 0.6 is 0 Å². The molecule has 0 aromatic carbocycles. The fraction of sp³-hybridized carbons (Fsp3) is 0.667. The fourth-order valence-electron chi connectivity index (χ4n) is 2.87. The first-order chi connectivity index (χ1) is 11.1. The number of allylic oxidation sites excluding steroid dienone is 2. The first-order valence-corrected chi connectivity index (χ1v) is 8.25. The number of hydrogen-bond acceptors (Lipinski definition) is 6. The Morgan fingerprint density at radius 3 is 2.17 bits per heavy atom. The van der Waals surface area contributed by atoms with Gasteiger partial charge in [-0.1, -0.05) is 0 Å². The van der Waals surface area contributed by atoms with Gasteiger partial charge in [0.05, 0.1) is 24.2 Å². The Kier molecular flexibility index (Phi) is 4.97. The van der Waals surface area contributed by atoms with E-state index in [0.717, 1.165) is 0 Å². The van der Waals surface area contributed by atoms with Gasteiger partial charge in [0.25, 0.3) is 5.79 Å². The number of hydrogen-bond donors (Lipinski definition) is 0. The zero-order valence-corrected chi connectivity index (χ0v) is 15.3. The molecule has 0 N–H and O–H groups in total. The zero-order chi connectivity index (χ0) is 18.1. The molecule has 0 bridgehead atoms. The Morgan fingerprint density at radius 2 is 1.67 bits per heavy atom. The van der Waals surface area contributed by atoms with Crippen LogP contribution < -0.4 is 0 Å². The number of carbonyl (C=O) groups is 2. The lowest BCUT2D eigenvalue weighted by Gasteiger charge is -2.35. The largest absolute Gasteiger partial charge is 0.463 e. The zero-order valence-electron chi connectivity index (χ0n) is 15.3. The average Bonchev–Trinajstić information content (AvgIpc) is 2.73. The second-order valence-electron chi connectivity index (χ2n) is 7.08. The van der Waals surface area contributed by atoms with Crippen molar-refractivity contribution >= 4 is 11.9 Å². The molecule has 0 saturated heterocycles. The number of ether oxygens (including phenoxy) is 4. The van der Waals surface area contributed by atoms with E-state index in [0.29, 0.717) is 48.5 Å². The van der Waals surface area contributed by atoms with E-state index in [2.05, 4.69) is 0 Å². The van der Waals surface area contributed by atoms with Crippen LogP contribution in [0.4, 0.5) is 0 Å². The molecular weight excluding hydrogens is 312 g/mol. The van der Waals surface area contributed by atoms with Crippen LogP contribution in [0.25, 0.3) is 0 Å². The quantitative estimate of drug-likeness (QED) is 0.735. The van der Waals surface area contributed by atoms with E-state index in [1.165, 1.54) is 0 Å². The smallest absolute Gasteiger partial charge is 0.338 e. The first-order valence-electron chi connectivity index (χ1n) is 8.25. The summed E-state index contributed by atoms with van der Waals surface area (Å²) in [4.78, 5) is 24.3. The Morgan fingerprint density at radius 1 is 1.08 bits per heavy atom. The molecule has 1 atom stereocenters. The van der Waals surface area contributed by atoms with Gasteiger partial charge in [-0.15, -0.1) is 0 Å². The Balaban J connectivity index is 2.11. The number of rotatable bonds is 3. The summed E-state index contributed by atoms with van der Waals surface area (Å²) in [6.45, 7) is 11.0. The molecule has 0 radical (unpaired) electrons. The van der Waals surface area contributed by atoms with Crippen molar-refractivity contribution in [1.29, 1.82) is 0 Å². The predicted molar refractivity (Wildman–Crippen MR) is 86.6 cm³/mol. The van der Waals surface area contributed by atoms with Crippen LogP contribution in [0.1, 0.15) is 60.8 Å². The highest BCUT2D eigenvalue weighted by atomic mass is 16.7. The van der Waals surface area contributed by atoms with Crippen molar-refractivity contribution in [2.45, 2.75) is 72.2 Å². The topological polar surface area (TPSA) is 71.1 Å². The van der Waals surface area contributed by atoms with Gasteiger partial charge < -0.3 is 18.9 Å². The molecule has 2 aliphatic heterocycles. The summed E-state index contributed by atoms with van der Waals surface area (Å²) in [7, 11) is 0. The molecule has 6 nitrogen and oxygen atoms in total. The highest BCUT2D eigenvalue weighted by Gasteiger charge is 2.47. The Labute approximate surface area is 142 Å². The van der Waals surface area contributed by atoms with Gasteiger partial charge in [0.15, 0.2) is 0 Å². The Bertz CT molecular complexity index is 607. The maximum Gasteiger partial charge on any atom is 0.338 e. The van der Waals surface area contributed by atoms with E-state index >= 15 is 0 Å². The normalized spacial score (nSPS) is 23.9. The highest BCUT2D eigenvalue weighted by Crippen LogP contribution is 2.44. The molecule has 1 unspecified atom stereocenters. The molecular formula is C18H26O6. The van der Waals surface area contributed by atoms with Crippen molar-refractivity contribution < 1.29 is 28.5 Å². The van der Waals surface area contributed by atoms with E-state index < -0.39 is 17.4 Å².